The molecule has 0 spiro atoms. The minimum absolute atomic E-state index is 0.191. The number of hydrogen-bond donors (Lipinski definition) is 1. The zero-order chi connectivity index (χ0) is 23.4. The first-order valence-corrected chi connectivity index (χ1v) is 11.5. The van der Waals surface area contributed by atoms with Crippen LogP contribution in [0.15, 0.2) is 24.3 Å². The molecule has 6 nitrogen and oxygen atoms in total. The van der Waals surface area contributed by atoms with Crippen LogP contribution in [0.25, 0.3) is 0 Å². The maximum absolute atomic E-state index is 12.4. The minimum atomic E-state index is -0.332. The number of ether oxygens (including phenoxy) is 1. The van der Waals surface area contributed by atoms with Crippen molar-refractivity contribution in [3.8, 4) is 5.75 Å². The number of nitrogens with zero attached hydrogens (tertiary/aromatic N) is 2. The number of amides is 2. The molecule has 1 saturated heterocycles. The van der Waals surface area contributed by atoms with Crippen LogP contribution in [0.5, 0.6) is 5.75 Å². The van der Waals surface area contributed by atoms with Crippen LogP contribution < -0.4 is 15.0 Å². The maximum atomic E-state index is 12.4. The second-order valence-electron chi connectivity index (χ2n) is 7.63. The van der Waals surface area contributed by atoms with Gasteiger partial charge in [0, 0.05) is 49.0 Å². The van der Waals surface area contributed by atoms with E-state index in [9.17, 15) is 9.59 Å². The molecule has 1 N–H and O–H groups in total. The first kappa shape index (κ1) is 24.5. The van der Waals surface area contributed by atoms with Gasteiger partial charge in [-0.25, -0.2) is 0 Å². The number of carbonyl (C=O) groups is 2. The Morgan fingerprint density at radius 2 is 1.50 bits per heavy atom. The van der Waals surface area contributed by atoms with Gasteiger partial charge >= 0.3 is 0 Å². The van der Waals surface area contributed by atoms with E-state index in [-0.39, 0.29) is 24.2 Å². The highest BCUT2D eigenvalue weighted by Crippen LogP contribution is 2.42. The first-order valence-electron chi connectivity index (χ1n) is 10.4. The molecule has 2 amide bonds. The highest BCUT2D eigenvalue weighted by atomic mass is 35.5. The van der Waals surface area contributed by atoms with Gasteiger partial charge < -0.3 is 19.9 Å². The van der Waals surface area contributed by atoms with Gasteiger partial charge in [-0.3, -0.25) is 9.59 Å². The summed E-state index contributed by atoms with van der Waals surface area (Å²) in [6, 6.07) is 7.58. The summed E-state index contributed by atoms with van der Waals surface area (Å²) in [6.45, 7) is 8.19. The van der Waals surface area contributed by atoms with Gasteiger partial charge in [-0.15, -0.1) is 0 Å². The molecule has 9 heteroatoms. The molecule has 0 aliphatic carbocycles. The quantitative estimate of drug-likeness (QED) is 0.584. The van der Waals surface area contributed by atoms with E-state index in [0.717, 1.165) is 31.9 Å². The average Bonchev–Trinajstić information content (AvgIpc) is 2.81. The predicted molar refractivity (Wildman–Crippen MR) is 131 cm³/mol. The van der Waals surface area contributed by atoms with Crippen molar-refractivity contribution in [3.63, 3.8) is 0 Å². The molecule has 0 saturated carbocycles. The molecule has 172 valence electrons. The van der Waals surface area contributed by atoms with Gasteiger partial charge in [0.1, 0.15) is 0 Å². The summed E-state index contributed by atoms with van der Waals surface area (Å²) >= 11 is 18.8. The molecule has 1 heterocycles. The zero-order valence-corrected chi connectivity index (χ0v) is 20.6. The number of piperazine rings is 1. The topological polar surface area (TPSA) is 61.9 Å². The fraction of sp³-hybridized carbons (Fsp3) is 0.391. The van der Waals surface area contributed by atoms with Crippen LogP contribution in [0.4, 0.5) is 11.4 Å². The summed E-state index contributed by atoms with van der Waals surface area (Å²) in [5.41, 5.74) is 3.01. The Morgan fingerprint density at radius 1 is 0.938 bits per heavy atom. The number of anilines is 2. The molecule has 0 unspecified atom stereocenters. The van der Waals surface area contributed by atoms with E-state index in [2.05, 4.69) is 10.2 Å². The fourth-order valence-electron chi connectivity index (χ4n) is 3.57. The number of nitrogens with one attached hydrogen (secondary N) is 1. The highest BCUT2D eigenvalue weighted by molar-refractivity contribution is 6.42. The summed E-state index contributed by atoms with van der Waals surface area (Å²) in [5.74, 6) is 0.109. The van der Waals surface area contributed by atoms with E-state index in [0.29, 0.717) is 38.3 Å². The van der Waals surface area contributed by atoms with Gasteiger partial charge in [0.2, 0.25) is 5.91 Å². The molecule has 2 aromatic carbocycles. The lowest BCUT2D eigenvalue weighted by molar-refractivity contribution is -0.131. The third-order valence-electron chi connectivity index (χ3n) is 5.51. The van der Waals surface area contributed by atoms with Gasteiger partial charge in [-0.1, -0.05) is 41.7 Å². The Morgan fingerprint density at radius 3 is 2.03 bits per heavy atom. The Kier molecular flexibility index (Phi) is 8.15. The molecule has 2 aromatic rings. The van der Waals surface area contributed by atoms with Crippen molar-refractivity contribution in [1.82, 2.24) is 4.90 Å². The number of carbonyl (C=O) groups excluding carboxylic acids is 2. The van der Waals surface area contributed by atoms with Crippen LogP contribution in [0.2, 0.25) is 15.1 Å². The number of rotatable bonds is 6. The minimum Gasteiger partial charge on any atom is -0.481 e. The molecule has 0 bridgehead atoms. The Labute approximate surface area is 203 Å². The summed E-state index contributed by atoms with van der Waals surface area (Å²) in [5, 5.41) is 3.88. The smallest absolute Gasteiger partial charge is 0.262 e. The molecule has 1 fully saturated rings. The molecule has 0 radical (unpaired) electrons. The molecule has 1 aliphatic heterocycles. The number of hydrogen-bond acceptors (Lipinski definition) is 4. The summed E-state index contributed by atoms with van der Waals surface area (Å²) in [6.07, 6.45) is 0.535. The van der Waals surface area contributed by atoms with Gasteiger partial charge in [0.25, 0.3) is 5.91 Å². The van der Waals surface area contributed by atoms with Crippen LogP contribution in [0.3, 0.4) is 0 Å². The van der Waals surface area contributed by atoms with Gasteiger partial charge in [-0.05, 0) is 49.2 Å². The Bertz CT molecular complexity index is 975. The van der Waals surface area contributed by atoms with E-state index >= 15 is 0 Å². The van der Waals surface area contributed by atoms with Crippen molar-refractivity contribution in [2.24, 2.45) is 0 Å². The molecule has 3 rings (SSSR count). The van der Waals surface area contributed by atoms with Gasteiger partial charge in [-0.2, -0.15) is 0 Å². The average molecular weight is 499 g/mol. The maximum Gasteiger partial charge on any atom is 0.262 e. The van der Waals surface area contributed by atoms with Crippen LogP contribution in [0.1, 0.15) is 24.5 Å². The molecular formula is C23H26Cl3N3O3. The summed E-state index contributed by atoms with van der Waals surface area (Å²) < 4.78 is 5.60. The van der Waals surface area contributed by atoms with Crippen molar-refractivity contribution in [3.05, 3.63) is 50.5 Å². The lowest BCUT2D eigenvalue weighted by Crippen LogP contribution is -2.48. The normalized spacial score (nSPS) is 13.8. The zero-order valence-electron chi connectivity index (χ0n) is 18.3. The van der Waals surface area contributed by atoms with Gasteiger partial charge in [0.15, 0.2) is 12.4 Å². The third kappa shape index (κ3) is 5.42. The Balaban J connectivity index is 1.55. The summed E-state index contributed by atoms with van der Waals surface area (Å²) in [7, 11) is 0. The van der Waals surface area contributed by atoms with Crippen molar-refractivity contribution in [1.29, 1.82) is 0 Å². The van der Waals surface area contributed by atoms with E-state index in [1.807, 2.05) is 36.1 Å². The molecule has 0 aromatic heterocycles. The SMILES string of the molecule is CCC(=O)N1CCN(c2ccc(NC(=O)COc3c(Cl)c(C)c(Cl)c(C)c3Cl)cc2)CC1. The molecule has 32 heavy (non-hydrogen) atoms. The van der Waals surface area contributed by atoms with E-state index in [1.54, 1.807) is 13.8 Å². The fourth-order valence-corrected chi connectivity index (χ4v) is 4.39. The molecule has 0 atom stereocenters. The van der Waals surface area contributed by atoms with Gasteiger partial charge in [0.05, 0.1) is 10.0 Å². The van der Waals surface area contributed by atoms with Crippen molar-refractivity contribution < 1.29 is 14.3 Å². The predicted octanol–water partition coefficient (Wildman–Crippen LogP) is 5.34. The summed E-state index contributed by atoms with van der Waals surface area (Å²) in [4.78, 5) is 28.3. The Hall–Kier alpha value is -2.15. The second kappa shape index (κ2) is 10.6. The van der Waals surface area contributed by atoms with E-state index in [1.165, 1.54) is 0 Å². The number of benzene rings is 2. The monoisotopic (exact) mass is 497 g/mol. The third-order valence-corrected chi connectivity index (χ3v) is 6.99. The highest BCUT2D eigenvalue weighted by Gasteiger charge is 2.21. The number of halogens is 3. The van der Waals surface area contributed by atoms with Crippen LogP contribution >= 0.6 is 34.8 Å². The van der Waals surface area contributed by atoms with E-state index < -0.39 is 0 Å². The second-order valence-corrected chi connectivity index (χ2v) is 8.76. The standard InChI is InChI=1S/C23H26Cl3N3O3/c1-4-19(31)29-11-9-28(10-12-29)17-7-5-16(6-8-17)27-18(30)13-32-23-21(25)14(2)20(24)15(3)22(23)26/h5-8H,4,9-13H2,1-3H3,(H,27,30). The van der Waals surface area contributed by atoms with Crippen molar-refractivity contribution in [2.45, 2.75) is 27.2 Å². The van der Waals surface area contributed by atoms with E-state index in [4.69, 9.17) is 39.5 Å². The largest absolute Gasteiger partial charge is 0.481 e. The van der Waals surface area contributed by atoms with Crippen LogP contribution in [0, 0.1) is 13.8 Å². The lowest BCUT2D eigenvalue weighted by atomic mass is 10.1. The lowest BCUT2D eigenvalue weighted by Gasteiger charge is -2.36. The first-order chi connectivity index (χ1) is 15.2. The molecular weight excluding hydrogens is 473 g/mol. The van der Waals surface area contributed by atoms with Crippen molar-refractivity contribution >= 4 is 58.0 Å². The molecule has 1 aliphatic rings. The van der Waals surface area contributed by atoms with Crippen LogP contribution in [-0.4, -0.2) is 49.5 Å². The van der Waals surface area contributed by atoms with Crippen LogP contribution in [-0.2, 0) is 9.59 Å². The van der Waals surface area contributed by atoms with Crippen molar-refractivity contribution in [2.75, 3.05) is 43.0 Å².